The van der Waals surface area contributed by atoms with Gasteiger partial charge >= 0.3 is 0 Å². The highest BCUT2D eigenvalue weighted by atomic mass is 15.2. The Hall–Kier alpha value is -1.32. The fraction of sp³-hybridized carbons (Fsp3) is 0.667. The number of rotatable bonds is 4. The van der Waals surface area contributed by atoms with Gasteiger partial charge in [0.05, 0.1) is 0 Å². The smallest absolute Gasteiger partial charge is 0.137 e. The summed E-state index contributed by atoms with van der Waals surface area (Å²) in [6.45, 7) is 7.49. The van der Waals surface area contributed by atoms with Crippen molar-refractivity contribution in [2.24, 2.45) is 0 Å². The second kappa shape index (κ2) is 5.14. The number of hydrogen-bond donors (Lipinski definition) is 1. The molecule has 1 fully saturated rings. The predicted octanol–water partition coefficient (Wildman–Crippen LogP) is 2.21. The molecule has 0 aromatic carbocycles. The minimum atomic E-state index is 0.970. The summed E-state index contributed by atoms with van der Waals surface area (Å²) in [6.07, 6.45) is 5.34. The molecule has 0 radical (unpaired) electrons. The maximum atomic E-state index is 4.40. The van der Waals surface area contributed by atoms with Crippen molar-refractivity contribution in [1.29, 1.82) is 0 Å². The molecule has 0 aliphatic carbocycles. The van der Waals surface area contributed by atoms with Gasteiger partial charge in [-0.15, -0.1) is 0 Å². The molecule has 2 rings (SSSR count). The van der Waals surface area contributed by atoms with E-state index in [1.807, 2.05) is 0 Å². The van der Waals surface area contributed by atoms with Crippen LogP contribution in [0, 0.1) is 6.92 Å². The first kappa shape index (κ1) is 11.2. The van der Waals surface area contributed by atoms with E-state index in [0.29, 0.717) is 0 Å². The van der Waals surface area contributed by atoms with Gasteiger partial charge in [0.25, 0.3) is 0 Å². The molecule has 1 N–H and O–H groups in total. The summed E-state index contributed by atoms with van der Waals surface area (Å²) in [5, 5.41) is 3.35. The zero-order valence-electron chi connectivity index (χ0n) is 10.2. The molecule has 0 spiro atoms. The van der Waals surface area contributed by atoms with Crippen LogP contribution in [0.15, 0.2) is 6.33 Å². The van der Waals surface area contributed by atoms with E-state index in [-0.39, 0.29) is 0 Å². The van der Waals surface area contributed by atoms with Crippen LogP contribution in [0.4, 0.5) is 11.6 Å². The third kappa shape index (κ3) is 2.26. The van der Waals surface area contributed by atoms with Gasteiger partial charge < -0.3 is 10.2 Å². The number of nitrogens with zero attached hydrogens (tertiary/aromatic N) is 3. The highest BCUT2D eigenvalue weighted by Crippen LogP contribution is 2.25. The average molecular weight is 220 g/mol. The Morgan fingerprint density at radius 3 is 2.75 bits per heavy atom. The fourth-order valence-corrected chi connectivity index (χ4v) is 2.11. The van der Waals surface area contributed by atoms with Gasteiger partial charge in [-0.1, -0.05) is 6.92 Å². The summed E-state index contributed by atoms with van der Waals surface area (Å²) in [5.74, 6) is 2.09. The van der Waals surface area contributed by atoms with Crippen molar-refractivity contribution in [3.63, 3.8) is 0 Å². The molecular weight excluding hydrogens is 200 g/mol. The second-order valence-corrected chi connectivity index (χ2v) is 4.29. The number of nitrogens with one attached hydrogen (secondary N) is 1. The number of aromatic nitrogens is 2. The fourth-order valence-electron chi connectivity index (χ4n) is 2.11. The lowest BCUT2D eigenvalue weighted by atomic mass is 10.3. The minimum absolute atomic E-state index is 0.970. The van der Waals surface area contributed by atoms with Crippen molar-refractivity contribution < 1.29 is 0 Å². The van der Waals surface area contributed by atoms with Gasteiger partial charge in [0.1, 0.15) is 18.0 Å². The SMILES string of the molecule is CCCNc1ncnc(N2CCCC2)c1C. The van der Waals surface area contributed by atoms with Gasteiger partial charge in [-0.05, 0) is 26.2 Å². The van der Waals surface area contributed by atoms with E-state index in [2.05, 4.69) is 34.0 Å². The van der Waals surface area contributed by atoms with Crippen molar-refractivity contribution in [3.8, 4) is 0 Å². The van der Waals surface area contributed by atoms with Crippen molar-refractivity contribution >= 4 is 11.6 Å². The number of anilines is 2. The molecule has 16 heavy (non-hydrogen) atoms. The monoisotopic (exact) mass is 220 g/mol. The molecule has 0 bridgehead atoms. The van der Waals surface area contributed by atoms with Crippen molar-refractivity contribution in [3.05, 3.63) is 11.9 Å². The Morgan fingerprint density at radius 2 is 2.06 bits per heavy atom. The molecule has 4 heteroatoms. The molecule has 1 saturated heterocycles. The Morgan fingerprint density at radius 1 is 1.31 bits per heavy atom. The predicted molar refractivity (Wildman–Crippen MR) is 67.0 cm³/mol. The zero-order chi connectivity index (χ0) is 11.4. The molecule has 1 aromatic rings. The van der Waals surface area contributed by atoms with Gasteiger partial charge in [0.15, 0.2) is 0 Å². The van der Waals surface area contributed by atoms with Gasteiger partial charge in [-0.25, -0.2) is 9.97 Å². The van der Waals surface area contributed by atoms with E-state index < -0.39 is 0 Å². The summed E-state index contributed by atoms with van der Waals surface area (Å²) < 4.78 is 0. The highest BCUT2D eigenvalue weighted by Gasteiger charge is 2.17. The maximum Gasteiger partial charge on any atom is 0.137 e. The molecule has 0 amide bonds. The van der Waals surface area contributed by atoms with Crippen LogP contribution in [0.5, 0.6) is 0 Å². The minimum Gasteiger partial charge on any atom is -0.370 e. The van der Waals surface area contributed by atoms with Crippen molar-refractivity contribution in [2.75, 3.05) is 29.9 Å². The van der Waals surface area contributed by atoms with Crippen LogP contribution in [0.25, 0.3) is 0 Å². The summed E-state index contributed by atoms with van der Waals surface area (Å²) in [5.41, 5.74) is 1.18. The lowest BCUT2D eigenvalue weighted by Gasteiger charge is -2.19. The van der Waals surface area contributed by atoms with Crippen LogP contribution >= 0.6 is 0 Å². The third-order valence-electron chi connectivity index (χ3n) is 3.01. The van der Waals surface area contributed by atoms with Gasteiger partial charge in [0, 0.05) is 25.2 Å². The number of hydrogen-bond acceptors (Lipinski definition) is 4. The van der Waals surface area contributed by atoms with Crippen LogP contribution in [0.3, 0.4) is 0 Å². The van der Waals surface area contributed by atoms with E-state index in [1.54, 1.807) is 6.33 Å². The van der Waals surface area contributed by atoms with Crippen LogP contribution in [-0.2, 0) is 0 Å². The molecular formula is C12H20N4. The molecule has 1 aliphatic rings. The van der Waals surface area contributed by atoms with Crippen molar-refractivity contribution in [1.82, 2.24) is 9.97 Å². The molecule has 88 valence electrons. The molecule has 1 aliphatic heterocycles. The van der Waals surface area contributed by atoms with Crippen LogP contribution in [0.2, 0.25) is 0 Å². The molecule has 1 aromatic heterocycles. The van der Waals surface area contributed by atoms with Crippen LogP contribution in [0.1, 0.15) is 31.7 Å². The lowest BCUT2D eigenvalue weighted by Crippen LogP contribution is -2.21. The van der Waals surface area contributed by atoms with E-state index in [1.165, 1.54) is 18.4 Å². The standard InChI is InChI=1S/C12H20N4/c1-3-6-13-11-10(2)12(15-9-14-11)16-7-4-5-8-16/h9H,3-8H2,1-2H3,(H,13,14,15). The summed E-state index contributed by atoms with van der Waals surface area (Å²) >= 11 is 0. The van der Waals surface area contributed by atoms with E-state index >= 15 is 0 Å². The van der Waals surface area contributed by atoms with Gasteiger partial charge in [-0.3, -0.25) is 0 Å². The normalized spacial score (nSPS) is 15.5. The van der Waals surface area contributed by atoms with Gasteiger partial charge in [-0.2, -0.15) is 0 Å². The zero-order valence-corrected chi connectivity index (χ0v) is 10.2. The Kier molecular flexibility index (Phi) is 3.59. The van der Waals surface area contributed by atoms with Gasteiger partial charge in [0.2, 0.25) is 0 Å². The molecule has 0 atom stereocenters. The quantitative estimate of drug-likeness (QED) is 0.844. The molecule has 0 unspecified atom stereocenters. The highest BCUT2D eigenvalue weighted by molar-refractivity contribution is 5.58. The first-order valence-electron chi connectivity index (χ1n) is 6.13. The van der Waals surface area contributed by atoms with E-state index in [0.717, 1.165) is 37.7 Å². The second-order valence-electron chi connectivity index (χ2n) is 4.29. The first-order valence-corrected chi connectivity index (χ1v) is 6.13. The third-order valence-corrected chi connectivity index (χ3v) is 3.01. The first-order chi connectivity index (χ1) is 7.83. The van der Waals surface area contributed by atoms with Crippen molar-refractivity contribution in [2.45, 2.75) is 33.1 Å². The van der Waals surface area contributed by atoms with Crippen LogP contribution < -0.4 is 10.2 Å². The average Bonchev–Trinajstić information content (AvgIpc) is 2.81. The molecule has 2 heterocycles. The Balaban J connectivity index is 2.18. The van der Waals surface area contributed by atoms with Crippen LogP contribution in [-0.4, -0.2) is 29.6 Å². The molecule has 0 saturated carbocycles. The molecule has 4 nitrogen and oxygen atoms in total. The summed E-state index contributed by atoms with van der Waals surface area (Å²) in [7, 11) is 0. The largest absolute Gasteiger partial charge is 0.370 e. The summed E-state index contributed by atoms with van der Waals surface area (Å²) in [6, 6.07) is 0. The Labute approximate surface area is 97.1 Å². The van der Waals surface area contributed by atoms with E-state index in [4.69, 9.17) is 0 Å². The maximum absolute atomic E-state index is 4.40. The topological polar surface area (TPSA) is 41.1 Å². The van der Waals surface area contributed by atoms with E-state index in [9.17, 15) is 0 Å². The lowest BCUT2D eigenvalue weighted by molar-refractivity contribution is 0.907. The Bertz CT molecular complexity index is 345. The summed E-state index contributed by atoms with van der Waals surface area (Å²) in [4.78, 5) is 11.1.